The van der Waals surface area contributed by atoms with Gasteiger partial charge >= 0.3 is 5.97 Å². The maximum atomic E-state index is 11.0. The molecule has 0 aliphatic heterocycles. The number of carbonyl (C=O) groups excluding carboxylic acids is 1. The van der Waals surface area contributed by atoms with Crippen molar-refractivity contribution < 1.29 is 14.7 Å². The number of aromatic carboxylic acids is 1. The predicted octanol–water partition coefficient (Wildman–Crippen LogP) is 0.981. The molecule has 1 aromatic heterocycles. The summed E-state index contributed by atoms with van der Waals surface area (Å²) in [6.45, 7) is 0.353. The van der Waals surface area contributed by atoms with Crippen LogP contribution in [0.3, 0.4) is 0 Å². The highest BCUT2D eigenvalue weighted by atomic mass is 35.5. The second kappa shape index (κ2) is 6.05. The zero-order valence-corrected chi connectivity index (χ0v) is 9.91. The number of anilines is 1. The zero-order valence-electron chi connectivity index (χ0n) is 9.16. The molecule has 0 aliphatic carbocycles. The Morgan fingerprint density at radius 1 is 1.47 bits per heavy atom. The van der Waals surface area contributed by atoms with E-state index in [0.717, 1.165) is 0 Å². The Labute approximate surface area is 103 Å². The average Bonchev–Trinajstić information content (AvgIpc) is 2.28. The largest absolute Gasteiger partial charge is 0.478 e. The Morgan fingerprint density at radius 2 is 2.18 bits per heavy atom. The minimum atomic E-state index is -1.08. The highest BCUT2D eigenvalue weighted by Gasteiger charge is 2.07. The molecule has 0 unspecified atom stereocenters. The number of rotatable bonds is 5. The topological polar surface area (TPSA) is 91.3 Å². The second-order valence-electron chi connectivity index (χ2n) is 3.22. The molecular weight excluding hydrogens is 246 g/mol. The summed E-state index contributed by atoms with van der Waals surface area (Å²) in [6.07, 6.45) is 0.271. The van der Waals surface area contributed by atoms with Gasteiger partial charge in [0.1, 0.15) is 11.0 Å². The van der Waals surface area contributed by atoms with Crippen LogP contribution in [0.2, 0.25) is 5.15 Å². The summed E-state index contributed by atoms with van der Waals surface area (Å²) in [7, 11) is 1.54. The van der Waals surface area contributed by atoms with E-state index in [1.54, 1.807) is 7.05 Å². The second-order valence-corrected chi connectivity index (χ2v) is 3.61. The summed E-state index contributed by atoms with van der Waals surface area (Å²) >= 11 is 5.67. The van der Waals surface area contributed by atoms with Gasteiger partial charge in [-0.2, -0.15) is 0 Å². The van der Waals surface area contributed by atoms with E-state index in [4.69, 9.17) is 16.7 Å². The highest BCUT2D eigenvalue weighted by molar-refractivity contribution is 6.29. The third-order valence-electron chi connectivity index (χ3n) is 1.98. The van der Waals surface area contributed by atoms with Crippen molar-refractivity contribution in [3.05, 3.63) is 22.8 Å². The lowest BCUT2D eigenvalue weighted by molar-refractivity contribution is -0.120. The predicted molar refractivity (Wildman–Crippen MR) is 63.4 cm³/mol. The third kappa shape index (κ3) is 4.28. The first kappa shape index (κ1) is 13.2. The molecular formula is C10H12ClN3O3. The summed E-state index contributed by atoms with van der Waals surface area (Å²) in [5, 5.41) is 14.2. The maximum Gasteiger partial charge on any atom is 0.335 e. The van der Waals surface area contributed by atoms with Crippen LogP contribution in [-0.2, 0) is 4.79 Å². The number of carboxylic acid groups (broad SMARTS) is 1. The quantitative estimate of drug-likeness (QED) is 0.684. The summed E-state index contributed by atoms with van der Waals surface area (Å²) in [6, 6.07) is 2.62. The lowest BCUT2D eigenvalue weighted by atomic mass is 10.2. The number of pyridine rings is 1. The number of carboxylic acids is 1. The van der Waals surface area contributed by atoms with Crippen molar-refractivity contribution in [1.82, 2.24) is 10.3 Å². The first-order valence-electron chi connectivity index (χ1n) is 4.88. The first-order valence-corrected chi connectivity index (χ1v) is 5.26. The Bertz CT molecular complexity index is 437. The normalized spacial score (nSPS) is 9.76. The van der Waals surface area contributed by atoms with E-state index in [0.29, 0.717) is 12.4 Å². The van der Waals surface area contributed by atoms with Gasteiger partial charge in [-0.1, -0.05) is 11.6 Å². The molecule has 0 fully saturated rings. The van der Waals surface area contributed by atoms with Crippen LogP contribution < -0.4 is 10.6 Å². The SMILES string of the molecule is CNC(=O)CCNc1cc(C(=O)O)cc(Cl)n1. The van der Waals surface area contributed by atoms with E-state index in [9.17, 15) is 9.59 Å². The summed E-state index contributed by atoms with van der Waals surface area (Å²) in [4.78, 5) is 25.6. The van der Waals surface area contributed by atoms with Crippen molar-refractivity contribution in [2.24, 2.45) is 0 Å². The smallest absolute Gasteiger partial charge is 0.335 e. The molecule has 0 saturated heterocycles. The first-order chi connectivity index (χ1) is 8.02. The van der Waals surface area contributed by atoms with Gasteiger partial charge in [-0.05, 0) is 12.1 Å². The van der Waals surface area contributed by atoms with Gasteiger partial charge in [0.05, 0.1) is 5.56 Å². The number of nitrogens with zero attached hydrogens (tertiary/aromatic N) is 1. The van der Waals surface area contributed by atoms with Gasteiger partial charge in [-0.25, -0.2) is 9.78 Å². The fraction of sp³-hybridized carbons (Fsp3) is 0.300. The van der Waals surface area contributed by atoms with E-state index in [1.807, 2.05) is 0 Å². The molecule has 1 aromatic rings. The molecule has 1 amide bonds. The Balaban J connectivity index is 2.65. The molecule has 0 atom stereocenters. The van der Waals surface area contributed by atoms with E-state index in [1.165, 1.54) is 12.1 Å². The van der Waals surface area contributed by atoms with E-state index in [2.05, 4.69) is 15.6 Å². The van der Waals surface area contributed by atoms with Crippen molar-refractivity contribution in [2.45, 2.75) is 6.42 Å². The van der Waals surface area contributed by atoms with E-state index in [-0.39, 0.29) is 23.0 Å². The van der Waals surface area contributed by atoms with Crippen LogP contribution >= 0.6 is 11.6 Å². The standard InChI is InChI=1S/C10H12ClN3O3/c1-12-9(15)2-3-13-8-5-6(10(16)17)4-7(11)14-8/h4-5H,2-3H2,1H3,(H,12,15)(H,13,14)(H,16,17). The molecule has 1 heterocycles. The van der Waals surface area contributed by atoms with Gasteiger partial charge in [-0.15, -0.1) is 0 Å². The molecule has 0 aliphatic rings. The molecule has 3 N–H and O–H groups in total. The Morgan fingerprint density at radius 3 is 2.76 bits per heavy atom. The van der Waals surface area contributed by atoms with Gasteiger partial charge in [0.2, 0.25) is 5.91 Å². The van der Waals surface area contributed by atoms with Crippen LogP contribution in [0, 0.1) is 0 Å². The average molecular weight is 258 g/mol. The van der Waals surface area contributed by atoms with Crippen LogP contribution in [-0.4, -0.2) is 35.6 Å². The van der Waals surface area contributed by atoms with Gasteiger partial charge < -0.3 is 15.7 Å². The lowest BCUT2D eigenvalue weighted by Gasteiger charge is -2.06. The molecule has 7 heteroatoms. The Kier molecular flexibility index (Phi) is 4.71. The fourth-order valence-electron chi connectivity index (χ4n) is 1.14. The molecule has 0 radical (unpaired) electrons. The third-order valence-corrected chi connectivity index (χ3v) is 2.17. The molecule has 0 aromatic carbocycles. The zero-order chi connectivity index (χ0) is 12.8. The molecule has 0 spiro atoms. The number of hydrogen-bond donors (Lipinski definition) is 3. The van der Waals surface area contributed by atoms with Gasteiger partial charge in [0.15, 0.2) is 0 Å². The number of amides is 1. The maximum absolute atomic E-state index is 11.0. The lowest BCUT2D eigenvalue weighted by Crippen LogP contribution is -2.21. The minimum absolute atomic E-state index is 0.0486. The number of carbonyl (C=O) groups is 2. The van der Waals surface area contributed by atoms with Crippen LogP contribution in [0.1, 0.15) is 16.8 Å². The van der Waals surface area contributed by atoms with Crippen molar-refractivity contribution in [2.75, 3.05) is 18.9 Å². The van der Waals surface area contributed by atoms with Crippen molar-refractivity contribution >= 4 is 29.3 Å². The monoisotopic (exact) mass is 257 g/mol. The highest BCUT2D eigenvalue weighted by Crippen LogP contribution is 2.14. The molecule has 1 rings (SSSR count). The summed E-state index contributed by atoms with van der Waals surface area (Å²) < 4.78 is 0. The molecule has 92 valence electrons. The Hall–Kier alpha value is -1.82. The molecule has 17 heavy (non-hydrogen) atoms. The number of nitrogens with one attached hydrogen (secondary N) is 2. The summed E-state index contributed by atoms with van der Waals surface area (Å²) in [5.74, 6) is -0.861. The van der Waals surface area contributed by atoms with Gasteiger partial charge in [0, 0.05) is 20.0 Å². The summed E-state index contributed by atoms with van der Waals surface area (Å²) in [5.41, 5.74) is 0.0486. The molecule has 0 saturated carbocycles. The molecule has 6 nitrogen and oxygen atoms in total. The number of aromatic nitrogens is 1. The molecule has 0 bridgehead atoms. The van der Waals surface area contributed by atoms with Crippen LogP contribution in [0.15, 0.2) is 12.1 Å². The van der Waals surface area contributed by atoms with E-state index >= 15 is 0 Å². The van der Waals surface area contributed by atoms with Crippen LogP contribution in [0.25, 0.3) is 0 Å². The minimum Gasteiger partial charge on any atom is -0.478 e. The van der Waals surface area contributed by atoms with Crippen LogP contribution in [0.5, 0.6) is 0 Å². The van der Waals surface area contributed by atoms with Crippen molar-refractivity contribution in [1.29, 1.82) is 0 Å². The fourth-order valence-corrected chi connectivity index (χ4v) is 1.35. The number of halogens is 1. The van der Waals surface area contributed by atoms with Crippen LogP contribution in [0.4, 0.5) is 5.82 Å². The van der Waals surface area contributed by atoms with Crippen molar-refractivity contribution in [3.8, 4) is 0 Å². The van der Waals surface area contributed by atoms with E-state index < -0.39 is 5.97 Å². The number of hydrogen-bond acceptors (Lipinski definition) is 4. The van der Waals surface area contributed by atoms with Gasteiger partial charge in [-0.3, -0.25) is 4.79 Å². The van der Waals surface area contributed by atoms with Crippen molar-refractivity contribution in [3.63, 3.8) is 0 Å². The van der Waals surface area contributed by atoms with Gasteiger partial charge in [0.25, 0.3) is 0 Å².